The number of primary amides is 1. The van der Waals surface area contributed by atoms with E-state index in [9.17, 15) is 9.59 Å². The quantitative estimate of drug-likeness (QED) is 0.423. The third-order valence-electron chi connectivity index (χ3n) is 5.86. The molecule has 1 aliphatic rings. The van der Waals surface area contributed by atoms with Crippen LogP contribution in [0.1, 0.15) is 57.3 Å². The van der Waals surface area contributed by atoms with Gasteiger partial charge in [-0.2, -0.15) is 0 Å². The molecule has 0 fully saturated rings. The molecule has 1 aromatic carbocycles. The van der Waals surface area contributed by atoms with Crippen molar-refractivity contribution < 1.29 is 9.59 Å². The van der Waals surface area contributed by atoms with Crippen LogP contribution in [0.2, 0.25) is 0 Å². The molecule has 1 heterocycles. The van der Waals surface area contributed by atoms with Crippen molar-refractivity contribution in [2.24, 2.45) is 17.3 Å². The van der Waals surface area contributed by atoms with Crippen molar-refractivity contribution in [3.63, 3.8) is 0 Å². The van der Waals surface area contributed by atoms with Crippen LogP contribution in [-0.2, 0) is 11.8 Å². The number of carbonyl (C=O) groups is 2. The monoisotopic (exact) mass is 413 g/mol. The molecule has 29 heavy (non-hydrogen) atoms. The average Bonchev–Trinajstić information content (AvgIpc) is 3.04. The molecule has 0 spiro atoms. The molecule has 8 heteroatoms. The number of nitrogens with two attached hydrogens (primary N) is 4. The topological polar surface area (TPSA) is 141 Å². The number of rotatable bonds is 6. The number of benzene rings is 1. The zero-order valence-corrected chi connectivity index (χ0v) is 17.5. The van der Waals surface area contributed by atoms with Crippen molar-refractivity contribution in [2.45, 2.75) is 38.0 Å². The smallest absolute Gasteiger partial charge is 0.251 e. The third kappa shape index (κ3) is 3.61. The maximum absolute atomic E-state index is 13.8. The van der Waals surface area contributed by atoms with Gasteiger partial charge in [-0.25, -0.2) is 5.84 Å². The first-order valence-electron chi connectivity index (χ1n) is 9.44. The molecule has 1 aromatic heterocycles. The van der Waals surface area contributed by atoms with Crippen LogP contribution in [0, 0.1) is 0 Å². The van der Waals surface area contributed by atoms with Crippen molar-refractivity contribution in [3.8, 4) is 0 Å². The van der Waals surface area contributed by atoms with E-state index >= 15 is 0 Å². The van der Waals surface area contributed by atoms with E-state index in [4.69, 9.17) is 23.0 Å². The number of anilines is 1. The lowest BCUT2D eigenvalue weighted by Gasteiger charge is -2.36. The number of thiophene rings is 1. The Kier molecular flexibility index (Phi) is 5.68. The molecule has 1 aliphatic carbocycles. The summed E-state index contributed by atoms with van der Waals surface area (Å²) < 4.78 is 0. The molecule has 1 amide bonds. The summed E-state index contributed by atoms with van der Waals surface area (Å²) in [7, 11) is 1.73. The van der Waals surface area contributed by atoms with Gasteiger partial charge in [-0.3, -0.25) is 9.59 Å². The summed E-state index contributed by atoms with van der Waals surface area (Å²) in [6.07, 6.45) is 2.17. The number of hydrazine groups is 1. The molecular weight excluding hydrogens is 386 g/mol. The number of Topliss-reactive ketones (excluding diaryl/α,β-unsaturated/α-hetero) is 1. The zero-order valence-electron chi connectivity index (χ0n) is 16.7. The van der Waals surface area contributed by atoms with E-state index in [1.165, 1.54) is 5.01 Å². The van der Waals surface area contributed by atoms with E-state index < -0.39 is 11.3 Å². The summed E-state index contributed by atoms with van der Waals surface area (Å²) in [6, 6.07) is 9.71. The second-order valence-corrected chi connectivity index (χ2v) is 8.56. The molecule has 0 bridgehead atoms. The lowest BCUT2D eigenvalue weighted by atomic mass is 9.65. The molecule has 0 saturated heterocycles. The Bertz CT molecular complexity index is 980. The Morgan fingerprint density at radius 3 is 2.48 bits per heavy atom. The van der Waals surface area contributed by atoms with Gasteiger partial charge < -0.3 is 22.2 Å². The Morgan fingerprint density at radius 2 is 1.90 bits per heavy atom. The highest BCUT2D eigenvalue weighted by molar-refractivity contribution is 7.18. The summed E-state index contributed by atoms with van der Waals surface area (Å²) in [6.45, 7) is 1.85. The second kappa shape index (κ2) is 7.88. The Morgan fingerprint density at radius 1 is 1.24 bits per heavy atom. The largest absolute Gasteiger partial charge is 0.401 e. The van der Waals surface area contributed by atoms with Crippen LogP contribution in [0.25, 0.3) is 0 Å². The summed E-state index contributed by atoms with van der Waals surface area (Å²) in [5.41, 5.74) is 20.4. The van der Waals surface area contributed by atoms with Gasteiger partial charge in [0, 0.05) is 18.4 Å². The van der Waals surface area contributed by atoms with Crippen LogP contribution in [0.5, 0.6) is 0 Å². The minimum atomic E-state index is -0.738. The van der Waals surface area contributed by atoms with Crippen LogP contribution < -0.4 is 23.0 Å². The van der Waals surface area contributed by atoms with E-state index in [0.29, 0.717) is 52.4 Å². The number of nitrogens with zero attached hydrogens (tertiary/aromatic N) is 1. The van der Waals surface area contributed by atoms with E-state index in [2.05, 4.69) is 0 Å². The maximum Gasteiger partial charge on any atom is 0.251 e. The summed E-state index contributed by atoms with van der Waals surface area (Å²) in [5, 5.41) is 1.78. The van der Waals surface area contributed by atoms with Gasteiger partial charge in [0.15, 0.2) is 5.78 Å². The minimum absolute atomic E-state index is 0.0271. The van der Waals surface area contributed by atoms with Crippen molar-refractivity contribution in [1.82, 2.24) is 5.01 Å². The van der Waals surface area contributed by atoms with Crippen LogP contribution in [0.15, 0.2) is 41.7 Å². The van der Waals surface area contributed by atoms with Gasteiger partial charge in [0.2, 0.25) is 0 Å². The predicted molar refractivity (Wildman–Crippen MR) is 116 cm³/mol. The van der Waals surface area contributed by atoms with E-state index in [1.54, 1.807) is 7.05 Å². The van der Waals surface area contributed by atoms with Crippen molar-refractivity contribution in [1.29, 1.82) is 0 Å². The zero-order chi connectivity index (χ0) is 21.3. The van der Waals surface area contributed by atoms with Crippen LogP contribution >= 0.6 is 11.3 Å². The van der Waals surface area contributed by atoms with Gasteiger partial charge in [-0.05, 0) is 43.7 Å². The molecule has 8 N–H and O–H groups in total. The molecule has 1 unspecified atom stereocenters. The second-order valence-electron chi connectivity index (χ2n) is 7.51. The summed E-state index contributed by atoms with van der Waals surface area (Å²) >= 11 is 1.15. The van der Waals surface area contributed by atoms with Crippen LogP contribution in [0.4, 0.5) is 5.00 Å². The Balaban J connectivity index is 2.07. The van der Waals surface area contributed by atoms with Crippen molar-refractivity contribution in [3.05, 3.63) is 63.3 Å². The minimum Gasteiger partial charge on any atom is -0.401 e. The highest BCUT2D eigenvalue weighted by Crippen LogP contribution is 2.47. The lowest BCUT2D eigenvalue weighted by Crippen LogP contribution is -2.40. The van der Waals surface area contributed by atoms with Gasteiger partial charge in [0.25, 0.3) is 5.91 Å². The van der Waals surface area contributed by atoms with Gasteiger partial charge in [0.1, 0.15) is 0 Å². The number of carbonyl (C=O) groups excluding carboxylic acids is 2. The van der Waals surface area contributed by atoms with Gasteiger partial charge in [0.05, 0.1) is 20.9 Å². The fraction of sp³-hybridized carbons (Fsp3) is 0.333. The number of fused-ring (bicyclic) bond motifs is 1. The third-order valence-corrected chi connectivity index (χ3v) is 6.92. The molecule has 0 saturated carbocycles. The average molecular weight is 414 g/mol. The van der Waals surface area contributed by atoms with Crippen molar-refractivity contribution >= 4 is 28.0 Å². The highest BCUT2D eigenvalue weighted by Gasteiger charge is 2.46. The van der Waals surface area contributed by atoms with Crippen molar-refractivity contribution in [2.75, 3.05) is 12.8 Å². The molecule has 3 rings (SSSR count). The van der Waals surface area contributed by atoms with E-state index in [-0.39, 0.29) is 5.78 Å². The highest BCUT2D eigenvalue weighted by atomic mass is 32.1. The number of hydrogen-bond donors (Lipinski definition) is 4. The number of allylic oxidation sites excluding steroid dienone is 2. The standard InChI is InChI=1S/C21H27N5O2S/c1-12(26(2)25)15(22)9-11-21(13-6-4-3-5-7-13)10-8-14-16(19(23)28)20(24)29-17(14)18(21)27/h3-7H,8-11,22,24-25H2,1-2H3,(H2,23,28)/b15-12-. The van der Waals surface area contributed by atoms with Crippen LogP contribution in [-0.4, -0.2) is 23.7 Å². The van der Waals surface area contributed by atoms with Gasteiger partial charge in [-0.15, -0.1) is 11.3 Å². The first-order valence-corrected chi connectivity index (χ1v) is 10.3. The summed E-state index contributed by atoms with van der Waals surface area (Å²) in [5.74, 6) is 5.18. The van der Waals surface area contributed by atoms with E-state index in [0.717, 1.165) is 22.6 Å². The fourth-order valence-electron chi connectivity index (χ4n) is 4.02. The first kappa shape index (κ1) is 20.9. The molecule has 0 aliphatic heterocycles. The van der Waals surface area contributed by atoms with E-state index in [1.807, 2.05) is 37.3 Å². The molecule has 0 radical (unpaired) electrons. The van der Waals surface area contributed by atoms with Gasteiger partial charge >= 0.3 is 0 Å². The number of nitrogen functional groups attached to an aromatic ring is 1. The molecule has 7 nitrogen and oxygen atoms in total. The fourth-order valence-corrected chi connectivity index (χ4v) is 5.18. The number of hydrogen-bond acceptors (Lipinski definition) is 7. The summed E-state index contributed by atoms with van der Waals surface area (Å²) in [4.78, 5) is 26.1. The lowest BCUT2D eigenvalue weighted by molar-refractivity contribution is 0.0854. The SMILES string of the molecule is C/C(=C(/N)CCC1(c2ccccc2)CCc2c(sc(N)c2C(N)=O)C1=O)N(C)N. The van der Waals surface area contributed by atoms with Crippen LogP contribution in [0.3, 0.4) is 0 Å². The predicted octanol–water partition coefficient (Wildman–Crippen LogP) is 2.27. The normalized spacial score (nSPS) is 19.5. The number of amides is 1. The molecular formula is C21H27N5O2S. The molecule has 2 aromatic rings. The van der Waals surface area contributed by atoms with Gasteiger partial charge in [-0.1, -0.05) is 30.3 Å². The molecule has 1 atom stereocenters. The number of ketones is 1. The molecule has 154 valence electrons. The first-order chi connectivity index (χ1) is 13.7. The maximum atomic E-state index is 13.8. The Labute approximate surface area is 174 Å². The Hall–Kier alpha value is -2.84.